The molecule has 0 radical (unpaired) electrons. The summed E-state index contributed by atoms with van der Waals surface area (Å²) in [7, 11) is -3.69. The summed E-state index contributed by atoms with van der Waals surface area (Å²) in [5, 5.41) is 13.8. The number of anilines is 1. The highest BCUT2D eigenvalue weighted by Crippen LogP contribution is 2.21. The summed E-state index contributed by atoms with van der Waals surface area (Å²) in [4.78, 5) is 12.3. The van der Waals surface area contributed by atoms with Gasteiger partial charge in [-0.05, 0) is 50.2 Å². The molecule has 2 aromatic carbocycles. The second kappa shape index (κ2) is 9.23. The van der Waals surface area contributed by atoms with Crippen molar-refractivity contribution in [1.29, 1.82) is 0 Å². The van der Waals surface area contributed by atoms with E-state index in [4.69, 9.17) is 4.74 Å². The van der Waals surface area contributed by atoms with Crippen molar-refractivity contribution in [3.63, 3.8) is 0 Å². The Bertz CT molecular complexity index is 956. The summed E-state index contributed by atoms with van der Waals surface area (Å²) < 4.78 is 30.6. The van der Waals surface area contributed by atoms with Gasteiger partial charge in [0.15, 0.2) is 0 Å². The zero-order valence-electron chi connectivity index (χ0n) is 15.9. The second-order valence-corrected chi connectivity index (χ2v) is 7.85. The summed E-state index contributed by atoms with van der Waals surface area (Å²) in [6.07, 6.45) is 1.02. The number of phenols is 1. The minimum Gasteiger partial charge on any atom is -0.507 e. The van der Waals surface area contributed by atoms with E-state index >= 15 is 0 Å². The standard InChI is InChI=1S/C19H23N3O5S/c1-4-27-16-11-9-15(10-12-16)22(28(3,25)26)13-19(24)21-20-14(2)17-7-5-6-8-18(17)23/h5-12,23H,4,13H2,1-3H3,(H,21,24). The molecule has 8 nitrogen and oxygen atoms in total. The fourth-order valence-electron chi connectivity index (χ4n) is 2.43. The maximum absolute atomic E-state index is 12.3. The van der Waals surface area contributed by atoms with E-state index in [1.807, 2.05) is 6.92 Å². The molecule has 0 heterocycles. The van der Waals surface area contributed by atoms with Crippen LogP contribution in [0.3, 0.4) is 0 Å². The molecule has 2 aromatic rings. The van der Waals surface area contributed by atoms with Crippen LogP contribution < -0.4 is 14.5 Å². The fraction of sp³-hybridized carbons (Fsp3) is 0.263. The molecule has 0 aliphatic carbocycles. The summed E-state index contributed by atoms with van der Waals surface area (Å²) in [5.41, 5.74) is 3.51. The minimum absolute atomic E-state index is 0.0325. The van der Waals surface area contributed by atoms with Crippen LogP contribution in [0.2, 0.25) is 0 Å². The minimum atomic E-state index is -3.69. The fourth-order valence-corrected chi connectivity index (χ4v) is 3.28. The van der Waals surface area contributed by atoms with Gasteiger partial charge in [-0.25, -0.2) is 13.8 Å². The van der Waals surface area contributed by atoms with E-state index < -0.39 is 22.5 Å². The molecular weight excluding hydrogens is 382 g/mol. The van der Waals surface area contributed by atoms with Crippen LogP contribution in [0.15, 0.2) is 53.6 Å². The van der Waals surface area contributed by atoms with Crippen molar-refractivity contribution in [2.45, 2.75) is 13.8 Å². The van der Waals surface area contributed by atoms with Gasteiger partial charge in [-0.15, -0.1) is 0 Å². The summed E-state index contributed by atoms with van der Waals surface area (Å²) >= 11 is 0. The summed E-state index contributed by atoms with van der Waals surface area (Å²) in [5.74, 6) is 0.0197. The summed E-state index contributed by atoms with van der Waals surface area (Å²) in [6, 6.07) is 13.0. The van der Waals surface area contributed by atoms with E-state index in [-0.39, 0.29) is 5.75 Å². The van der Waals surface area contributed by atoms with E-state index in [0.717, 1.165) is 10.6 Å². The molecule has 0 aromatic heterocycles. The number of rotatable bonds is 8. The first-order valence-corrected chi connectivity index (χ1v) is 10.4. The lowest BCUT2D eigenvalue weighted by Crippen LogP contribution is -2.39. The van der Waals surface area contributed by atoms with Crippen molar-refractivity contribution >= 4 is 27.3 Å². The lowest BCUT2D eigenvalue weighted by Gasteiger charge is -2.21. The quantitative estimate of drug-likeness (QED) is 0.516. The van der Waals surface area contributed by atoms with Crippen LogP contribution in [0.25, 0.3) is 0 Å². The molecule has 0 fully saturated rings. The van der Waals surface area contributed by atoms with Crippen molar-refractivity contribution < 1.29 is 23.1 Å². The first kappa shape index (κ1) is 21.2. The number of para-hydroxylation sites is 1. The molecule has 0 aliphatic heterocycles. The maximum atomic E-state index is 12.3. The largest absolute Gasteiger partial charge is 0.507 e. The van der Waals surface area contributed by atoms with Gasteiger partial charge in [0.05, 0.1) is 24.3 Å². The monoisotopic (exact) mass is 405 g/mol. The molecule has 28 heavy (non-hydrogen) atoms. The van der Waals surface area contributed by atoms with Crippen LogP contribution in [-0.2, 0) is 14.8 Å². The number of ether oxygens (including phenoxy) is 1. The Balaban J connectivity index is 2.13. The Morgan fingerprint density at radius 2 is 1.82 bits per heavy atom. The third kappa shape index (κ3) is 5.71. The number of hydrogen-bond donors (Lipinski definition) is 2. The zero-order chi connectivity index (χ0) is 20.7. The number of amides is 1. The predicted molar refractivity (Wildman–Crippen MR) is 108 cm³/mol. The second-order valence-electron chi connectivity index (χ2n) is 5.95. The van der Waals surface area contributed by atoms with Crippen LogP contribution in [-0.4, -0.2) is 44.6 Å². The van der Waals surface area contributed by atoms with Crippen molar-refractivity contribution in [2.24, 2.45) is 5.10 Å². The molecule has 0 aliphatic rings. The van der Waals surface area contributed by atoms with Crippen molar-refractivity contribution in [3.8, 4) is 11.5 Å². The molecule has 2 rings (SSSR count). The average molecular weight is 405 g/mol. The van der Waals surface area contributed by atoms with Crippen LogP contribution in [0.4, 0.5) is 5.69 Å². The highest BCUT2D eigenvalue weighted by Gasteiger charge is 2.21. The molecule has 0 unspecified atom stereocenters. The number of nitrogens with one attached hydrogen (secondary N) is 1. The van der Waals surface area contributed by atoms with Gasteiger partial charge in [-0.2, -0.15) is 5.10 Å². The van der Waals surface area contributed by atoms with Gasteiger partial charge < -0.3 is 9.84 Å². The number of carbonyl (C=O) groups is 1. The normalized spacial score (nSPS) is 11.8. The molecule has 0 spiro atoms. The van der Waals surface area contributed by atoms with E-state index in [1.54, 1.807) is 49.4 Å². The topological polar surface area (TPSA) is 108 Å². The van der Waals surface area contributed by atoms with Gasteiger partial charge in [0, 0.05) is 5.56 Å². The molecular formula is C19H23N3O5S. The molecule has 0 saturated heterocycles. The lowest BCUT2D eigenvalue weighted by molar-refractivity contribution is -0.119. The predicted octanol–water partition coefficient (Wildman–Crippen LogP) is 2.10. The van der Waals surface area contributed by atoms with Crippen LogP contribution >= 0.6 is 0 Å². The first-order valence-electron chi connectivity index (χ1n) is 8.54. The highest BCUT2D eigenvalue weighted by atomic mass is 32.2. The number of aromatic hydroxyl groups is 1. The Hall–Kier alpha value is -3.07. The highest BCUT2D eigenvalue weighted by molar-refractivity contribution is 7.92. The third-order valence-corrected chi connectivity index (χ3v) is 4.91. The molecule has 1 amide bonds. The number of carbonyl (C=O) groups excluding carboxylic acids is 1. The van der Waals surface area contributed by atoms with Gasteiger partial charge >= 0.3 is 0 Å². The average Bonchev–Trinajstić information content (AvgIpc) is 2.65. The molecule has 0 atom stereocenters. The third-order valence-electron chi connectivity index (χ3n) is 3.77. The summed E-state index contributed by atoms with van der Waals surface area (Å²) in [6.45, 7) is 3.52. The first-order chi connectivity index (χ1) is 13.2. The Morgan fingerprint density at radius 1 is 1.18 bits per heavy atom. The SMILES string of the molecule is CCOc1ccc(N(CC(=O)NN=C(C)c2ccccc2O)S(C)(=O)=O)cc1. The molecule has 0 saturated carbocycles. The van der Waals surface area contributed by atoms with E-state index in [2.05, 4.69) is 10.5 Å². The van der Waals surface area contributed by atoms with Crippen LogP contribution in [0, 0.1) is 0 Å². The Labute approximate surface area is 164 Å². The molecule has 9 heteroatoms. The van der Waals surface area contributed by atoms with E-state index in [0.29, 0.717) is 29.3 Å². The van der Waals surface area contributed by atoms with E-state index in [9.17, 15) is 18.3 Å². The van der Waals surface area contributed by atoms with Crippen molar-refractivity contribution in [3.05, 3.63) is 54.1 Å². The number of nitrogens with zero attached hydrogens (tertiary/aromatic N) is 2. The van der Waals surface area contributed by atoms with Crippen LogP contribution in [0.5, 0.6) is 11.5 Å². The van der Waals surface area contributed by atoms with Gasteiger partial charge in [-0.3, -0.25) is 9.10 Å². The van der Waals surface area contributed by atoms with Gasteiger partial charge in [0.1, 0.15) is 18.0 Å². The number of benzene rings is 2. The van der Waals surface area contributed by atoms with E-state index in [1.165, 1.54) is 6.07 Å². The maximum Gasteiger partial charge on any atom is 0.260 e. The number of sulfonamides is 1. The van der Waals surface area contributed by atoms with Crippen LogP contribution in [0.1, 0.15) is 19.4 Å². The smallest absolute Gasteiger partial charge is 0.260 e. The number of hydrazone groups is 1. The van der Waals surface area contributed by atoms with Crippen molar-refractivity contribution in [2.75, 3.05) is 23.7 Å². The van der Waals surface area contributed by atoms with Crippen molar-refractivity contribution in [1.82, 2.24) is 5.43 Å². The van der Waals surface area contributed by atoms with Gasteiger partial charge in [0.2, 0.25) is 10.0 Å². The van der Waals surface area contributed by atoms with Gasteiger partial charge in [-0.1, -0.05) is 12.1 Å². The number of hydrogen-bond acceptors (Lipinski definition) is 6. The van der Waals surface area contributed by atoms with Gasteiger partial charge in [0.25, 0.3) is 5.91 Å². The Kier molecular flexibility index (Phi) is 7.00. The lowest BCUT2D eigenvalue weighted by atomic mass is 10.1. The molecule has 150 valence electrons. The molecule has 0 bridgehead atoms. The number of phenolic OH excluding ortho intramolecular Hbond substituents is 1. The Morgan fingerprint density at radius 3 is 2.39 bits per heavy atom. The zero-order valence-corrected chi connectivity index (χ0v) is 16.7. The molecule has 2 N–H and O–H groups in total.